The molecule has 1 saturated carbocycles. The van der Waals surface area contributed by atoms with Crippen LogP contribution in [0.4, 0.5) is 0 Å². The van der Waals surface area contributed by atoms with E-state index in [1.54, 1.807) is 0 Å². The molecule has 0 amide bonds. The van der Waals surface area contributed by atoms with Crippen LogP contribution >= 0.6 is 0 Å². The lowest BCUT2D eigenvalue weighted by Crippen LogP contribution is -2.20. The minimum atomic E-state index is -0.512. The molecule has 2 heteroatoms. The minimum Gasteiger partial charge on any atom is -0.259 e. The van der Waals surface area contributed by atoms with Crippen LogP contribution in [0.15, 0.2) is 0 Å². The Hall–Kier alpha value is 0.150. The van der Waals surface area contributed by atoms with Crippen LogP contribution in [-0.2, 0) is 10.8 Å². The summed E-state index contributed by atoms with van der Waals surface area (Å²) >= 11 is 0. The van der Waals surface area contributed by atoms with E-state index < -0.39 is 10.8 Å². The summed E-state index contributed by atoms with van der Waals surface area (Å²) in [4.78, 5) is 0. The smallest absolute Gasteiger partial charge is 0.0348 e. The number of rotatable bonds is 7. The fourth-order valence-electron chi connectivity index (χ4n) is 2.34. The molecule has 0 aliphatic heterocycles. The molecule has 1 fully saturated rings. The fourth-order valence-corrected chi connectivity index (χ4v) is 4.02. The van der Waals surface area contributed by atoms with Gasteiger partial charge in [-0.2, -0.15) is 0 Å². The van der Waals surface area contributed by atoms with Gasteiger partial charge in [-0.25, -0.2) is 0 Å². The first kappa shape index (κ1) is 13.2. The first-order chi connectivity index (χ1) is 7.34. The second kappa shape index (κ2) is 8.32. The highest BCUT2D eigenvalue weighted by Crippen LogP contribution is 2.22. The Morgan fingerprint density at radius 2 is 1.67 bits per heavy atom. The second-order valence-electron chi connectivity index (χ2n) is 4.76. The van der Waals surface area contributed by atoms with E-state index in [0.29, 0.717) is 5.25 Å². The van der Waals surface area contributed by atoms with Gasteiger partial charge < -0.3 is 0 Å². The third kappa shape index (κ3) is 5.70. The van der Waals surface area contributed by atoms with Crippen LogP contribution < -0.4 is 0 Å². The molecule has 1 nitrogen and oxygen atoms in total. The molecule has 0 spiro atoms. The van der Waals surface area contributed by atoms with Crippen LogP contribution in [-0.4, -0.2) is 15.2 Å². The fraction of sp³-hybridized carbons (Fsp3) is 1.00. The second-order valence-corrected chi connectivity index (χ2v) is 6.60. The quantitative estimate of drug-likeness (QED) is 0.603. The minimum absolute atomic E-state index is 0.512. The lowest BCUT2D eigenvalue weighted by Gasteiger charge is -2.20. The van der Waals surface area contributed by atoms with Gasteiger partial charge in [0.05, 0.1) is 0 Å². The lowest BCUT2D eigenvalue weighted by atomic mass is 10.0. The number of unbranched alkanes of at least 4 members (excludes halogenated alkanes) is 4. The summed E-state index contributed by atoms with van der Waals surface area (Å²) < 4.78 is 11.9. The van der Waals surface area contributed by atoms with Crippen molar-refractivity contribution < 1.29 is 4.21 Å². The highest BCUT2D eigenvalue weighted by Gasteiger charge is 2.18. The van der Waals surface area contributed by atoms with Crippen LogP contribution in [0.1, 0.15) is 71.1 Å². The number of hydrogen-bond acceptors (Lipinski definition) is 1. The van der Waals surface area contributed by atoms with Gasteiger partial charge in [-0.05, 0) is 19.3 Å². The summed E-state index contributed by atoms with van der Waals surface area (Å²) in [6, 6.07) is 0. The summed E-state index contributed by atoms with van der Waals surface area (Å²) in [5.74, 6) is 0.967. The Labute approximate surface area is 97.5 Å². The van der Waals surface area contributed by atoms with E-state index >= 15 is 0 Å². The summed E-state index contributed by atoms with van der Waals surface area (Å²) in [5, 5.41) is 0.546. The zero-order chi connectivity index (χ0) is 10.9. The Kier molecular flexibility index (Phi) is 7.33. The van der Waals surface area contributed by atoms with Crippen molar-refractivity contribution in [3.05, 3.63) is 0 Å². The van der Waals surface area contributed by atoms with Crippen molar-refractivity contribution >= 4 is 10.8 Å². The van der Waals surface area contributed by atoms with E-state index in [1.807, 2.05) is 0 Å². The molecular formula is C13H26OS. The van der Waals surface area contributed by atoms with Crippen LogP contribution in [0.25, 0.3) is 0 Å². The maximum atomic E-state index is 11.9. The van der Waals surface area contributed by atoms with E-state index in [0.717, 1.165) is 5.75 Å². The molecule has 1 aliphatic carbocycles. The van der Waals surface area contributed by atoms with Gasteiger partial charge in [-0.1, -0.05) is 51.9 Å². The molecule has 1 unspecified atom stereocenters. The largest absolute Gasteiger partial charge is 0.259 e. The summed E-state index contributed by atoms with van der Waals surface area (Å²) in [5.41, 5.74) is 0. The molecule has 90 valence electrons. The summed E-state index contributed by atoms with van der Waals surface area (Å²) in [6.45, 7) is 2.24. The van der Waals surface area contributed by atoms with Gasteiger partial charge in [-0.15, -0.1) is 0 Å². The molecule has 0 heterocycles. The molecule has 1 atom stereocenters. The topological polar surface area (TPSA) is 17.1 Å². The monoisotopic (exact) mass is 230 g/mol. The van der Waals surface area contributed by atoms with Crippen molar-refractivity contribution in [1.29, 1.82) is 0 Å². The van der Waals surface area contributed by atoms with Crippen molar-refractivity contribution in [1.82, 2.24) is 0 Å². The highest BCUT2D eigenvalue weighted by atomic mass is 32.2. The zero-order valence-electron chi connectivity index (χ0n) is 10.2. The first-order valence-corrected chi connectivity index (χ1v) is 8.10. The Bertz CT molecular complexity index is 173. The van der Waals surface area contributed by atoms with E-state index in [2.05, 4.69) is 6.92 Å². The first-order valence-electron chi connectivity index (χ1n) is 6.71. The maximum Gasteiger partial charge on any atom is 0.0348 e. The molecule has 0 N–H and O–H groups in total. The van der Waals surface area contributed by atoms with Crippen LogP contribution in [0.5, 0.6) is 0 Å². The molecule has 0 saturated heterocycles. The van der Waals surface area contributed by atoms with Gasteiger partial charge in [-0.3, -0.25) is 4.21 Å². The predicted octanol–water partition coefficient (Wildman–Crippen LogP) is 4.04. The Morgan fingerprint density at radius 1 is 1.00 bits per heavy atom. The third-order valence-electron chi connectivity index (χ3n) is 3.37. The Balaban J connectivity index is 2.02. The normalized spacial score (nSPS) is 20.3. The predicted molar refractivity (Wildman–Crippen MR) is 68.6 cm³/mol. The molecule has 0 aromatic heterocycles. The van der Waals surface area contributed by atoms with Crippen LogP contribution in [0.2, 0.25) is 0 Å². The molecule has 0 radical (unpaired) electrons. The van der Waals surface area contributed by atoms with E-state index in [1.165, 1.54) is 64.2 Å². The third-order valence-corrected chi connectivity index (χ3v) is 5.28. The van der Waals surface area contributed by atoms with Crippen molar-refractivity contribution in [3.63, 3.8) is 0 Å². The molecule has 15 heavy (non-hydrogen) atoms. The molecule has 1 rings (SSSR count). The van der Waals surface area contributed by atoms with Crippen LogP contribution in [0.3, 0.4) is 0 Å². The van der Waals surface area contributed by atoms with Gasteiger partial charge in [0.25, 0.3) is 0 Å². The molecule has 0 aromatic rings. The molecule has 0 aromatic carbocycles. The van der Waals surface area contributed by atoms with Gasteiger partial charge in [0.15, 0.2) is 0 Å². The standard InChI is InChI=1S/C13H26OS/c1-2-3-4-5-9-12-15(14)13-10-7-6-8-11-13/h13H,2-12H2,1H3. The van der Waals surface area contributed by atoms with Crippen molar-refractivity contribution in [2.75, 3.05) is 5.75 Å². The SMILES string of the molecule is CCCCCCCS(=O)C1CCCCC1. The van der Waals surface area contributed by atoms with Gasteiger partial charge in [0, 0.05) is 21.8 Å². The number of hydrogen-bond donors (Lipinski definition) is 0. The Morgan fingerprint density at radius 3 is 2.33 bits per heavy atom. The maximum absolute atomic E-state index is 11.9. The molecule has 0 bridgehead atoms. The van der Waals surface area contributed by atoms with Crippen molar-refractivity contribution in [2.45, 2.75) is 76.4 Å². The molecule has 1 aliphatic rings. The van der Waals surface area contributed by atoms with E-state index in [9.17, 15) is 4.21 Å². The van der Waals surface area contributed by atoms with E-state index in [-0.39, 0.29) is 0 Å². The van der Waals surface area contributed by atoms with Gasteiger partial charge in [0.1, 0.15) is 0 Å². The van der Waals surface area contributed by atoms with E-state index in [4.69, 9.17) is 0 Å². The lowest BCUT2D eigenvalue weighted by molar-refractivity contribution is 0.504. The van der Waals surface area contributed by atoms with Crippen molar-refractivity contribution in [2.24, 2.45) is 0 Å². The van der Waals surface area contributed by atoms with Gasteiger partial charge in [0.2, 0.25) is 0 Å². The highest BCUT2D eigenvalue weighted by molar-refractivity contribution is 7.85. The average Bonchev–Trinajstić information content (AvgIpc) is 2.30. The molecular weight excluding hydrogens is 204 g/mol. The van der Waals surface area contributed by atoms with Crippen molar-refractivity contribution in [3.8, 4) is 0 Å². The van der Waals surface area contributed by atoms with Gasteiger partial charge >= 0.3 is 0 Å². The average molecular weight is 230 g/mol. The summed E-state index contributed by atoms with van der Waals surface area (Å²) in [6.07, 6.45) is 12.9. The summed E-state index contributed by atoms with van der Waals surface area (Å²) in [7, 11) is -0.512. The van der Waals surface area contributed by atoms with Crippen LogP contribution in [0, 0.1) is 0 Å². The zero-order valence-corrected chi connectivity index (χ0v) is 11.0.